The van der Waals surface area contributed by atoms with Gasteiger partial charge in [0.15, 0.2) is 0 Å². The van der Waals surface area contributed by atoms with Crippen LogP contribution in [0.25, 0.3) is 21.0 Å². The number of benzene rings is 1. The monoisotopic (exact) mass is 363 g/mol. The van der Waals surface area contributed by atoms with Crippen LogP contribution in [0.2, 0.25) is 0 Å². The van der Waals surface area contributed by atoms with Crippen molar-refractivity contribution in [3.8, 4) is 21.0 Å². The predicted molar refractivity (Wildman–Crippen MR) is 75.3 cm³/mol. The Balaban J connectivity index is 2.10. The van der Waals surface area contributed by atoms with Crippen LogP contribution in [0.5, 0.6) is 0 Å². The lowest BCUT2D eigenvalue weighted by atomic mass is 10.0. The van der Waals surface area contributed by atoms with Crippen LogP contribution in [0.3, 0.4) is 0 Å². The minimum atomic E-state index is -4.87. The van der Waals surface area contributed by atoms with Gasteiger partial charge >= 0.3 is 12.4 Å². The van der Waals surface area contributed by atoms with Crippen molar-refractivity contribution in [3.05, 3.63) is 53.8 Å². The molecule has 0 saturated heterocycles. The normalized spacial score (nSPS) is 12.6. The molecule has 2 heterocycles. The third kappa shape index (κ3) is 3.30. The second-order valence-corrected chi connectivity index (χ2v) is 5.93. The molecule has 0 aliphatic heterocycles. The average molecular weight is 363 g/mol. The first kappa shape index (κ1) is 16.6. The summed E-state index contributed by atoms with van der Waals surface area (Å²) in [6.45, 7) is 0. The molecule has 0 unspecified atom stereocenters. The molecule has 24 heavy (non-hydrogen) atoms. The fourth-order valence-electron chi connectivity index (χ4n) is 2.07. The fraction of sp³-hybridized carbons (Fsp3) is 0.133. The third-order valence-corrected chi connectivity index (χ3v) is 4.33. The molecule has 0 aliphatic carbocycles. The number of aromatic nitrogens is 1. The highest BCUT2D eigenvalue weighted by Crippen LogP contribution is 2.41. The van der Waals surface area contributed by atoms with Crippen molar-refractivity contribution in [1.82, 2.24) is 5.16 Å². The number of halogens is 6. The zero-order valence-electron chi connectivity index (χ0n) is 11.6. The van der Waals surface area contributed by atoms with Gasteiger partial charge in [-0.05, 0) is 35.9 Å². The standard InChI is InChI=1S/C15H7F6NOS/c16-14(17,18)9-5-8(6-10(7-9)15(19,20)21)12-1-2-13(24-12)11-3-4-23-22-11/h1-7H. The second-order valence-electron chi connectivity index (χ2n) is 4.84. The van der Waals surface area contributed by atoms with Crippen molar-refractivity contribution < 1.29 is 30.9 Å². The molecule has 2 nitrogen and oxygen atoms in total. The van der Waals surface area contributed by atoms with Gasteiger partial charge in [0, 0.05) is 10.9 Å². The summed E-state index contributed by atoms with van der Waals surface area (Å²) < 4.78 is 82.0. The Hall–Kier alpha value is -2.29. The second kappa shape index (κ2) is 5.66. The molecular weight excluding hydrogens is 356 g/mol. The maximum Gasteiger partial charge on any atom is 0.416 e. The largest absolute Gasteiger partial charge is 0.416 e. The number of hydrogen-bond acceptors (Lipinski definition) is 3. The molecular formula is C15H7F6NOS. The van der Waals surface area contributed by atoms with Gasteiger partial charge in [-0.2, -0.15) is 26.3 Å². The number of alkyl halides is 6. The summed E-state index contributed by atoms with van der Waals surface area (Å²) >= 11 is 1.03. The average Bonchev–Trinajstić information content (AvgIpc) is 3.16. The van der Waals surface area contributed by atoms with Gasteiger partial charge in [-0.15, -0.1) is 11.3 Å². The number of hydrogen-bond donors (Lipinski definition) is 0. The Morgan fingerprint density at radius 2 is 1.38 bits per heavy atom. The van der Waals surface area contributed by atoms with Crippen molar-refractivity contribution >= 4 is 11.3 Å². The van der Waals surface area contributed by atoms with E-state index in [4.69, 9.17) is 0 Å². The first-order chi connectivity index (χ1) is 11.1. The van der Waals surface area contributed by atoms with Gasteiger partial charge in [0.1, 0.15) is 12.0 Å². The van der Waals surface area contributed by atoms with E-state index < -0.39 is 23.5 Å². The van der Waals surface area contributed by atoms with Gasteiger partial charge in [0.2, 0.25) is 0 Å². The summed E-state index contributed by atoms with van der Waals surface area (Å²) in [5.41, 5.74) is -2.39. The summed E-state index contributed by atoms with van der Waals surface area (Å²) in [7, 11) is 0. The van der Waals surface area contributed by atoms with Crippen LogP contribution in [-0.4, -0.2) is 5.16 Å². The Morgan fingerprint density at radius 1 is 0.792 bits per heavy atom. The minimum absolute atomic E-state index is 0.107. The Labute approximate surface area is 135 Å². The molecule has 0 aliphatic rings. The van der Waals surface area contributed by atoms with Gasteiger partial charge < -0.3 is 4.52 Å². The third-order valence-electron chi connectivity index (χ3n) is 3.17. The molecule has 3 rings (SSSR count). The molecule has 0 fully saturated rings. The van der Waals surface area contributed by atoms with Crippen LogP contribution >= 0.6 is 11.3 Å². The van der Waals surface area contributed by atoms with Crippen molar-refractivity contribution in [1.29, 1.82) is 0 Å². The zero-order chi connectivity index (χ0) is 17.5. The first-order valence-electron chi connectivity index (χ1n) is 6.45. The smallest absolute Gasteiger partial charge is 0.364 e. The van der Waals surface area contributed by atoms with Gasteiger partial charge in [0.25, 0.3) is 0 Å². The highest BCUT2D eigenvalue weighted by Gasteiger charge is 2.37. The molecule has 3 aromatic rings. The van der Waals surface area contributed by atoms with E-state index in [1.165, 1.54) is 12.3 Å². The Kier molecular flexibility index (Phi) is 3.90. The molecule has 0 atom stereocenters. The van der Waals surface area contributed by atoms with E-state index >= 15 is 0 Å². The lowest BCUT2D eigenvalue weighted by Gasteiger charge is -2.13. The van der Waals surface area contributed by atoms with Gasteiger partial charge in [-0.3, -0.25) is 0 Å². The molecule has 2 aromatic heterocycles. The quantitative estimate of drug-likeness (QED) is 0.514. The van der Waals surface area contributed by atoms with Crippen LogP contribution < -0.4 is 0 Å². The van der Waals surface area contributed by atoms with Crippen LogP contribution in [-0.2, 0) is 12.4 Å². The lowest BCUT2D eigenvalue weighted by Crippen LogP contribution is -2.10. The van der Waals surface area contributed by atoms with Gasteiger partial charge in [-0.25, -0.2) is 0 Å². The van der Waals surface area contributed by atoms with E-state index in [1.54, 1.807) is 12.1 Å². The molecule has 9 heteroatoms. The maximum absolute atomic E-state index is 12.9. The highest BCUT2D eigenvalue weighted by atomic mass is 32.1. The predicted octanol–water partition coefficient (Wildman–Crippen LogP) is 6.11. The molecule has 0 N–H and O–H groups in total. The lowest BCUT2D eigenvalue weighted by molar-refractivity contribution is -0.143. The maximum atomic E-state index is 12.9. The molecule has 0 spiro atoms. The summed E-state index contributed by atoms with van der Waals surface area (Å²) in [6.07, 6.45) is -8.43. The molecule has 0 radical (unpaired) electrons. The number of rotatable bonds is 2. The summed E-state index contributed by atoms with van der Waals surface area (Å²) in [5.74, 6) is 0. The molecule has 1 aromatic carbocycles. The Morgan fingerprint density at radius 3 is 1.88 bits per heavy atom. The van der Waals surface area contributed by atoms with E-state index in [9.17, 15) is 26.3 Å². The van der Waals surface area contributed by atoms with E-state index in [0.717, 1.165) is 11.3 Å². The summed E-state index contributed by atoms with van der Waals surface area (Å²) in [6, 6.07) is 6.07. The first-order valence-corrected chi connectivity index (χ1v) is 7.27. The van der Waals surface area contributed by atoms with E-state index in [1.807, 2.05) is 0 Å². The van der Waals surface area contributed by atoms with Crippen molar-refractivity contribution in [2.75, 3.05) is 0 Å². The summed E-state index contributed by atoms with van der Waals surface area (Å²) in [4.78, 5) is 0.842. The fourth-order valence-corrected chi connectivity index (χ4v) is 3.02. The van der Waals surface area contributed by atoms with Crippen molar-refractivity contribution in [3.63, 3.8) is 0 Å². The van der Waals surface area contributed by atoms with Crippen molar-refractivity contribution in [2.45, 2.75) is 12.4 Å². The SMILES string of the molecule is FC(F)(F)c1cc(-c2ccc(-c3ccon3)s2)cc(C(F)(F)F)c1. The van der Waals surface area contributed by atoms with Crippen molar-refractivity contribution in [2.24, 2.45) is 0 Å². The van der Waals surface area contributed by atoms with Crippen LogP contribution in [0, 0.1) is 0 Å². The summed E-state index contributed by atoms with van der Waals surface area (Å²) in [5, 5.41) is 3.68. The topological polar surface area (TPSA) is 26.0 Å². The van der Waals surface area contributed by atoms with Crippen LogP contribution in [0.1, 0.15) is 11.1 Å². The molecule has 0 bridgehead atoms. The Bertz CT molecular complexity index is 815. The number of thiophene rings is 1. The van der Waals surface area contributed by atoms with E-state index in [-0.39, 0.29) is 16.5 Å². The van der Waals surface area contributed by atoms with E-state index in [0.29, 0.717) is 22.7 Å². The zero-order valence-corrected chi connectivity index (χ0v) is 12.4. The number of nitrogens with zero attached hydrogens (tertiary/aromatic N) is 1. The minimum Gasteiger partial charge on any atom is -0.364 e. The van der Waals surface area contributed by atoms with Crippen LogP contribution in [0.4, 0.5) is 26.3 Å². The van der Waals surface area contributed by atoms with Gasteiger partial charge in [-0.1, -0.05) is 5.16 Å². The highest BCUT2D eigenvalue weighted by molar-refractivity contribution is 7.18. The van der Waals surface area contributed by atoms with Crippen LogP contribution in [0.15, 0.2) is 47.2 Å². The molecule has 0 amide bonds. The van der Waals surface area contributed by atoms with E-state index in [2.05, 4.69) is 9.68 Å². The molecule has 126 valence electrons. The van der Waals surface area contributed by atoms with Gasteiger partial charge in [0.05, 0.1) is 16.0 Å². The molecule has 0 saturated carbocycles.